The van der Waals surface area contributed by atoms with Gasteiger partial charge in [-0.3, -0.25) is 4.79 Å². The molecule has 0 spiro atoms. The van der Waals surface area contributed by atoms with Crippen molar-refractivity contribution in [3.05, 3.63) is 23.8 Å². The number of benzene rings is 1. The zero-order valence-electron chi connectivity index (χ0n) is 13.7. The van der Waals surface area contributed by atoms with Crippen LogP contribution in [0.15, 0.2) is 23.2 Å². The van der Waals surface area contributed by atoms with Crippen LogP contribution >= 0.6 is 24.0 Å². The predicted octanol–water partition coefficient (Wildman–Crippen LogP) is 1.25. The highest BCUT2D eigenvalue weighted by Gasteiger charge is 2.04. The zero-order chi connectivity index (χ0) is 16.4. The molecule has 0 saturated heterocycles. The molecule has 4 N–H and O–H groups in total. The van der Waals surface area contributed by atoms with E-state index in [9.17, 15) is 4.79 Å². The van der Waals surface area contributed by atoms with Gasteiger partial charge in [0.05, 0.1) is 27.3 Å². The molecule has 0 aliphatic carbocycles. The summed E-state index contributed by atoms with van der Waals surface area (Å²) in [4.78, 5) is 15.6. The third-order valence-corrected chi connectivity index (χ3v) is 2.88. The smallest absolute Gasteiger partial charge is 0.239 e. The van der Waals surface area contributed by atoms with Crippen LogP contribution in [0.3, 0.4) is 0 Å². The molecule has 0 saturated carbocycles. The minimum Gasteiger partial charge on any atom is -0.493 e. The Hall–Kier alpha value is -1.71. The predicted molar refractivity (Wildman–Crippen MR) is 102 cm³/mol. The molecule has 0 aliphatic rings. The normalized spacial score (nSPS) is 10.5. The van der Waals surface area contributed by atoms with E-state index in [1.807, 2.05) is 25.1 Å². The van der Waals surface area contributed by atoms with Crippen molar-refractivity contribution in [2.45, 2.75) is 19.9 Å². The molecule has 0 heterocycles. The molecule has 130 valence electrons. The first-order valence-electron chi connectivity index (χ1n) is 7.12. The summed E-state index contributed by atoms with van der Waals surface area (Å²) in [6.07, 6.45) is 0.897. The summed E-state index contributed by atoms with van der Waals surface area (Å²) in [7, 11) is 3.16. The first-order chi connectivity index (χ1) is 10.6. The maximum atomic E-state index is 11.4. The molecule has 0 atom stereocenters. The average Bonchev–Trinajstić information content (AvgIpc) is 2.55. The van der Waals surface area contributed by atoms with Crippen LogP contribution < -0.4 is 25.8 Å². The van der Waals surface area contributed by atoms with Crippen molar-refractivity contribution >= 4 is 35.8 Å². The van der Waals surface area contributed by atoms with Crippen molar-refractivity contribution in [1.82, 2.24) is 10.6 Å². The maximum absolute atomic E-state index is 11.4. The van der Waals surface area contributed by atoms with Gasteiger partial charge in [-0.25, -0.2) is 4.99 Å². The van der Waals surface area contributed by atoms with Gasteiger partial charge in [-0.15, -0.1) is 24.0 Å². The van der Waals surface area contributed by atoms with Gasteiger partial charge in [-0.2, -0.15) is 0 Å². The average molecular weight is 436 g/mol. The van der Waals surface area contributed by atoms with Gasteiger partial charge in [-0.1, -0.05) is 13.0 Å². The van der Waals surface area contributed by atoms with Gasteiger partial charge in [-0.05, 0) is 24.1 Å². The van der Waals surface area contributed by atoms with E-state index >= 15 is 0 Å². The molecule has 23 heavy (non-hydrogen) atoms. The number of guanidine groups is 1. The van der Waals surface area contributed by atoms with E-state index in [2.05, 4.69) is 15.6 Å². The first-order valence-corrected chi connectivity index (χ1v) is 7.12. The molecule has 0 fully saturated rings. The van der Waals surface area contributed by atoms with Crippen LogP contribution in [0.5, 0.6) is 11.5 Å². The van der Waals surface area contributed by atoms with Gasteiger partial charge in [0, 0.05) is 6.54 Å². The second-order valence-corrected chi connectivity index (χ2v) is 4.59. The Balaban J connectivity index is 0.00000484. The summed E-state index contributed by atoms with van der Waals surface area (Å²) >= 11 is 0. The third-order valence-electron chi connectivity index (χ3n) is 2.88. The molecule has 1 amide bonds. The van der Waals surface area contributed by atoms with Crippen LogP contribution in [0.4, 0.5) is 0 Å². The van der Waals surface area contributed by atoms with E-state index in [-0.39, 0.29) is 42.4 Å². The van der Waals surface area contributed by atoms with Crippen molar-refractivity contribution < 1.29 is 14.3 Å². The second kappa shape index (κ2) is 11.8. The number of carbonyl (C=O) groups is 1. The molecule has 0 aliphatic heterocycles. The fourth-order valence-electron chi connectivity index (χ4n) is 1.71. The minimum absolute atomic E-state index is 0. The third kappa shape index (κ3) is 7.91. The van der Waals surface area contributed by atoms with Crippen molar-refractivity contribution in [2.75, 3.05) is 27.3 Å². The summed E-state index contributed by atoms with van der Waals surface area (Å²) in [5.41, 5.74) is 6.66. The minimum atomic E-state index is -0.105. The van der Waals surface area contributed by atoms with Crippen LogP contribution in [0.25, 0.3) is 0 Å². The fourth-order valence-corrected chi connectivity index (χ4v) is 1.71. The number of aliphatic imine (C=N–C) groups is 1. The van der Waals surface area contributed by atoms with Crippen molar-refractivity contribution in [3.8, 4) is 11.5 Å². The first kappa shape index (κ1) is 21.3. The molecular weight excluding hydrogens is 411 g/mol. The van der Waals surface area contributed by atoms with Gasteiger partial charge < -0.3 is 25.8 Å². The summed E-state index contributed by atoms with van der Waals surface area (Å²) < 4.78 is 10.4. The number of methoxy groups -OCH3 is 2. The number of nitrogens with one attached hydrogen (secondary N) is 2. The molecular formula is C15H25IN4O3. The number of ether oxygens (including phenoxy) is 2. The lowest BCUT2D eigenvalue weighted by Gasteiger charge is -2.09. The lowest BCUT2D eigenvalue weighted by molar-refractivity contribution is -0.119. The zero-order valence-corrected chi connectivity index (χ0v) is 16.0. The Morgan fingerprint density at radius 3 is 2.52 bits per heavy atom. The standard InChI is InChI=1S/C15H24N4O3.HI/c1-4-7-17-14(20)10-19-15(16)18-9-11-5-6-12(21-2)13(8-11)22-3;/h5-6,8H,4,7,9-10H2,1-3H3,(H,17,20)(H3,16,18,19);1H. The Bertz CT molecular complexity index is 523. The lowest BCUT2D eigenvalue weighted by Crippen LogP contribution is -2.40. The Morgan fingerprint density at radius 2 is 1.91 bits per heavy atom. The summed E-state index contributed by atoms with van der Waals surface area (Å²) in [6, 6.07) is 5.53. The number of hydrogen-bond donors (Lipinski definition) is 3. The van der Waals surface area contributed by atoms with E-state index in [0.29, 0.717) is 24.6 Å². The number of halogens is 1. The molecule has 0 unspecified atom stereocenters. The van der Waals surface area contributed by atoms with Crippen LogP contribution in [-0.2, 0) is 11.3 Å². The van der Waals surface area contributed by atoms with Crippen molar-refractivity contribution in [2.24, 2.45) is 10.7 Å². The molecule has 1 aromatic carbocycles. The number of nitrogens with two attached hydrogens (primary N) is 1. The van der Waals surface area contributed by atoms with Crippen LogP contribution in [-0.4, -0.2) is 39.2 Å². The van der Waals surface area contributed by atoms with Crippen molar-refractivity contribution in [1.29, 1.82) is 0 Å². The van der Waals surface area contributed by atoms with E-state index in [0.717, 1.165) is 12.0 Å². The van der Waals surface area contributed by atoms with Crippen molar-refractivity contribution in [3.63, 3.8) is 0 Å². The topological polar surface area (TPSA) is 98.0 Å². The summed E-state index contributed by atoms with van der Waals surface area (Å²) in [5.74, 6) is 1.42. The highest BCUT2D eigenvalue weighted by Crippen LogP contribution is 2.27. The molecule has 1 rings (SSSR count). The van der Waals surface area contributed by atoms with Gasteiger partial charge in [0.15, 0.2) is 17.5 Å². The molecule has 0 radical (unpaired) electrons. The summed E-state index contributed by atoms with van der Waals surface area (Å²) in [5, 5.41) is 5.52. The number of hydrogen-bond acceptors (Lipinski definition) is 4. The summed E-state index contributed by atoms with van der Waals surface area (Å²) in [6.45, 7) is 3.15. The Kier molecular flexibility index (Phi) is 10.9. The SMILES string of the molecule is CCCNC(=O)CNC(N)=NCc1ccc(OC)c(OC)c1.I. The molecule has 7 nitrogen and oxygen atoms in total. The van der Waals surface area contributed by atoms with E-state index < -0.39 is 0 Å². The molecule has 0 aromatic heterocycles. The number of nitrogens with zero attached hydrogens (tertiary/aromatic N) is 1. The fraction of sp³-hybridized carbons (Fsp3) is 0.467. The quantitative estimate of drug-likeness (QED) is 0.324. The lowest BCUT2D eigenvalue weighted by atomic mass is 10.2. The van der Waals surface area contributed by atoms with Crippen LogP contribution in [0.1, 0.15) is 18.9 Å². The van der Waals surface area contributed by atoms with E-state index in [1.54, 1.807) is 14.2 Å². The largest absolute Gasteiger partial charge is 0.493 e. The highest BCUT2D eigenvalue weighted by molar-refractivity contribution is 14.0. The van der Waals surface area contributed by atoms with Gasteiger partial charge in [0.1, 0.15) is 0 Å². The van der Waals surface area contributed by atoms with Gasteiger partial charge >= 0.3 is 0 Å². The molecule has 0 bridgehead atoms. The van der Waals surface area contributed by atoms with Gasteiger partial charge in [0.25, 0.3) is 0 Å². The van der Waals surface area contributed by atoms with Crippen LogP contribution in [0.2, 0.25) is 0 Å². The van der Waals surface area contributed by atoms with E-state index in [4.69, 9.17) is 15.2 Å². The Labute approximate surface area is 154 Å². The monoisotopic (exact) mass is 436 g/mol. The second-order valence-electron chi connectivity index (χ2n) is 4.59. The molecule has 8 heteroatoms. The number of amides is 1. The van der Waals surface area contributed by atoms with Gasteiger partial charge in [0.2, 0.25) is 5.91 Å². The number of rotatable bonds is 8. The van der Waals surface area contributed by atoms with E-state index in [1.165, 1.54) is 0 Å². The maximum Gasteiger partial charge on any atom is 0.239 e. The highest BCUT2D eigenvalue weighted by atomic mass is 127. The molecule has 1 aromatic rings. The number of carbonyl (C=O) groups excluding carboxylic acids is 1. The van der Waals surface area contributed by atoms with Crippen LogP contribution in [0, 0.1) is 0 Å². The Morgan fingerprint density at radius 1 is 1.22 bits per heavy atom.